The van der Waals surface area contributed by atoms with Crippen molar-refractivity contribution >= 4 is 34.9 Å². The van der Waals surface area contributed by atoms with Crippen molar-refractivity contribution in [2.45, 2.75) is 38.3 Å². The number of hydrogen-bond acceptors (Lipinski definition) is 4. The summed E-state index contributed by atoms with van der Waals surface area (Å²) >= 11 is 5.60. The van der Waals surface area contributed by atoms with Crippen LogP contribution in [0, 0.1) is 5.92 Å². The SMILES string of the molecule is O=C(Nc1ccc(Oc2ccnc(C(=O)NCC3CCCCC3)c2)cc1)Nc1ccc(Cl)c(C(F)(F)F)c1. The Bertz CT molecular complexity index is 1280. The minimum Gasteiger partial charge on any atom is -0.457 e. The van der Waals surface area contributed by atoms with Gasteiger partial charge in [0.25, 0.3) is 5.91 Å². The number of anilines is 2. The van der Waals surface area contributed by atoms with Gasteiger partial charge in [0, 0.05) is 30.2 Å². The lowest BCUT2D eigenvalue weighted by molar-refractivity contribution is -0.137. The summed E-state index contributed by atoms with van der Waals surface area (Å²) in [5.41, 5.74) is -0.462. The highest BCUT2D eigenvalue weighted by Crippen LogP contribution is 2.36. The fourth-order valence-electron chi connectivity index (χ4n) is 4.17. The Morgan fingerprint density at radius 2 is 1.61 bits per heavy atom. The van der Waals surface area contributed by atoms with E-state index < -0.39 is 22.8 Å². The molecule has 1 saturated carbocycles. The van der Waals surface area contributed by atoms with E-state index in [2.05, 4.69) is 20.9 Å². The molecular formula is C27H26ClF3N4O3. The van der Waals surface area contributed by atoms with Gasteiger partial charge >= 0.3 is 12.2 Å². The first kappa shape index (κ1) is 27.3. The lowest BCUT2D eigenvalue weighted by Gasteiger charge is -2.21. The van der Waals surface area contributed by atoms with Crippen LogP contribution in [0.4, 0.5) is 29.3 Å². The average molecular weight is 547 g/mol. The fraction of sp³-hybridized carbons (Fsp3) is 0.296. The number of carbonyl (C=O) groups is 2. The number of halogens is 4. The van der Waals surface area contributed by atoms with Crippen LogP contribution < -0.4 is 20.7 Å². The number of amides is 3. The number of pyridine rings is 1. The highest BCUT2D eigenvalue weighted by atomic mass is 35.5. The van der Waals surface area contributed by atoms with Gasteiger partial charge in [-0.25, -0.2) is 4.79 Å². The first-order valence-electron chi connectivity index (χ1n) is 12.1. The molecule has 3 amide bonds. The van der Waals surface area contributed by atoms with E-state index in [-0.39, 0.29) is 17.3 Å². The van der Waals surface area contributed by atoms with E-state index in [0.29, 0.717) is 29.6 Å². The number of urea groups is 1. The molecule has 0 spiro atoms. The summed E-state index contributed by atoms with van der Waals surface area (Å²) in [6.07, 6.45) is 2.76. The molecule has 7 nitrogen and oxygen atoms in total. The standard InChI is InChI=1S/C27H26ClF3N4O3/c28-23-11-8-19(14-22(23)27(29,30)31)35-26(37)34-18-6-9-20(10-7-18)38-21-12-13-32-24(15-21)25(36)33-16-17-4-2-1-3-5-17/h6-15,17H,1-5,16H2,(H,33,36)(H2,34,35,37). The molecular weight excluding hydrogens is 521 g/mol. The van der Waals surface area contributed by atoms with Gasteiger partial charge in [-0.15, -0.1) is 0 Å². The number of benzene rings is 2. The number of rotatable bonds is 7. The minimum atomic E-state index is -4.64. The number of ether oxygens (including phenoxy) is 1. The monoisotopic (exact) mass is 546 g/mol. The molecule has 11 heteroatoms. The zero-order valence-electron chi connectivity index (χ0n) is 20.3. The van der Waals surface area contributed by atoms with E-state index in [1.165, 1.54) is 31.5 Å². The average Bonchev–Trinajstić information content (AvgIpc) is 2.89. The van der Waals surface area contributed by atoms with Crippen LogP contribution in [0.1, 0.15) is 48.2 Å². The third-order valence-corrected chi connectivity index (χ3v) is 6.45. The summed E-state index contributed by atoms with van der Waals surface area (Å²) in [5.74, 6) is 1.12. The van der Waals surface area contributed by atoms with Gasteiger partial charge < -0.3 is 20.7 Å². The highest BCUT2D eigenvalue weighted by Gasteiger charge is 2.33. The molecule has 0 aliphatic heterocycles. The van der Waals surface area contributed by atoms with Crippen molar-refractivity contribution in [1.82, 2.24) is 10.3 Å². The van der Waals surface area contributed by atoms with Gasteiger partial charge in [-0.1, -0.05) is 30.9 Å². The summed E-state index contributed by atoms with van der Waals surface area (Å²) < 4.78 is 44.9. The van der Waals surface area contributed by atoms with Gasteiger partial charge in [0.05, 0.1) is 10.6 Å². The van der Waals surface area contributed by atoms with E-state index in [9.17, 15) is 22.8 Å². The Kier molecular flexibility index (Phi) is 8.73. The molecule has 0 bridgehead atoms. The molecule has 1 fully saturated rings. The molecule has 1 aliphatic carbocycles. The topological polar surface area (TPSA) is 92.3 Å². The van der Waals surface area contributed by atoms with Gasteiger partial charge in [0.2, 0.25) is 0 Å². The summed E-state index contributed by atoms with van der Waals surface area (Å²) in [7, 11) is 0. The van der Waals surface area contributed by atoms with Crippen molar-refractivity contribution in [1.29, 1.82) is 0 Å². The summed E-state index contributed by atoms with van der Waals surface area (Å²) in [6, 6.07) is 11.9. The largest absolute Gasteiger partial charge is 0.457 e. The lowest BCUT2D eigenvalue weighted by atomic mass is 9.89. The quantitative estimate of drug-likeness (QED) is 0.286. The van der Waals surface area contributed by atoms with Crippen molar-refractivity contribution in [3.63, 3.8) is 0 Å². The maximum absolute atomic E-state index is 13.0. The van der Waals surface area contributed by atoms with Gasteiger partial charge in [0.15, 0.2) is 0 Å². The number of nitrogens with zero attached hydrogens (tertiary/aromatic N) is 1. The summed E-state index contributed by atoms with van der Waals surface area (Å²) in [4.78, 5) is 28.9. The van der Waals surface area contributed by atoms with Crippen LogP contribution in [0.3, 0.4) is 0 Å². The second-order valence-electron chi connectivity index (χ2n) is 8.99. The van der Waals surface area contributed by atoms with Gasteiger partial charge in [-0.3, -0.25) is 9.78 Å². The van der Waals surface area contributed by atoms with Crippen LogP contribution in [0.5, 0.6) is 11.5 Å². The molecule has 0 saturated heterocycles. The molecule has 1 heterocycles. The number of alkyl halides is 3. The van der Waals surface area contributed by atoms with Crippen molar-refractivity contribution in [3.8, 4) is 11.5 Å². The predicted octanol–water partition coefficient (Wildman–Crippen LogP) is 7.50. The predicted molar refractivity (Wildman–Crippen MR) is 139 cm³/mol. The first-order chi connectivity index (χ1) is 18.2. The van der Waals surface area contributed by atoms with Gasteiger partial charge in [0.1, 0.15) is 17.2 Å². The molecule has 3 aromatic rings. The Morgan fingerprint density at radius 3 is 2.32 bits per heavy atom. The Morgan fingerprint density at radius 1 is 0.921 bits per heavy atom. The molecule has 0 radical (unpaired) electrons. The van der Waals surface area contributed by atoms with Gasteiger partial charge in [-0.05, 0) is 67.3 Å². The van der Waals surface area contributed by atoms with Gasteiger partial charge in [-0.2, -0.15) is 13.2 Å². The third kappa shape index (κ3) is 7.61. The summed E-state index contributed by atoms with van der Waals surface area (Å²) in [6.45, 7) is 0.634. The molecule has 4 rings (SSSR count). The van der Waals surface area contributed by atoms with Crippen LogP contribution in [0.15, 0.2) is 60.8 Å². The zero-order valence-corrected chi connectivity index (χ0v) is 21.0. The van der Waals surface area contributed by atoms with Crippen molar-refractivity contribution in [2.24, 2.45) is 5.92 Å². The lowest BCUT2D eigenvalue weighted by Crippen LogP contribution is -2.30. The smallest absolute Gasteiger partial charge is 0.417 e. The molecule has 38 heavy (non-hydrogen) atoms. The molecule has 0 unspecified atom stereocenters. The van der Waals surface area contributed by atoms with Crippen LogP contribution in [0.25, 0.3) is 0 Å². The molecule has 200 valence electrons. The highest BCUT2D eigenvalue weighted by molar-refractivity contribution is 6.31. The Labute approximate surface area is 222 Å². The maximum Gasteiger partial charge on any atom is 0.417 e. The number of nitrogens with one attached hydrogen (secondary N) is 3. The normalized spacial score (nSPS) is 14.0. The van der Waals surface area contributed by atoms with E-state index in [1.807, 2.05) is 0 Å². The Balaban J connectivity index is 1.31. The third-order valence-electron chi connectivity index (χ3n) is 6.12. The van der Waals surface area contributed by atoms with Crippen LogP contribution >= 0.6 is 11.6 Å². The zero-order chi connectivity index (χ0) is 27.1. The Hall–Kier alpha value is -3.79. The van der Waals surface area contributed by atoms with Crippen LogP contribution in [-0.2, 0) is 6.18 Å². The second-order valence-corrected chi connectivity index (χ2v) is 9.40. The molecule has 2 aromatic carbocycles. The van der Waals surface area contributed by atoms with Crippen molar-refractivity contribution in [3.05, 3.63) is 77.1 Å². The van der Waals surface area contributed by atoms with E-state index in [4.69, 9.17) is 16.3 Å². The van der Waals surface area contributed by atoms with Crippen molar-refractivity contribution < 1.29 is 27.5 Å². The van der Waals surface area contributed by atoms with E-state index in [1.54, 1.807) is 36.4 Å². The second kappa shape index (κ2) is 12.2. The molecule has 1 aliphatic rings. The number of aromatic nitrogens is 1. The van der Waals surface area contributed by atoms with E-state index in [0.717, 1.165) is 25.0 Å². The summed E-state index contributed by atoms with van der Waals surface area (Å²) in [5, 5.41) is 7.38. The van der Waals surface area contributed by atoms with Crippen LogP contribution in [-0.4, -0.2) is 23.5 Å². The first-order valence-corrected chi connectivity index (χ1v) is 12.5. The van der Waals surface area contributed by atoms with Crippen molar-refractivity contribution in [2.75, 3.05) is 17.2 Å². The molecule has 1 aromatic heterocycles. The fourth-order valence-corrected chi connectivity index (χ4v) is 4.40. The molecule has 3 N–H and O–H groups in total. The number of carbonyl (C=O) groups excluding carboxylic acids is 2. The minimum absolute atomic E-state index is 0.0598. The maximum atomic E-state index is 13.0. The molecule has 0 atom stereocenters. The van der Waals surface area contributed by atoms with E-state index >= 15 is 0 Å². The number of hydrogen-bond donors (Lipinski definition) is 3. The van der Waals surface area contributed by atoms with Crippen LogP contribution in [0.2, 0.25) is 5.02 Å².